The van der Waals surface area contributed by atoms with Crippen molar-refractivity contribution >= 4 is 15.6 Å². The van der Waals surface area contributed by atoms with Crippen molar-refractivity contribution in [1.82, 2.24) is 0 Å². The highest BCUT2D eigenvalue weighted by molar-refractivity contribution is 7.46. The first kappa shape index (κ1) is 18.1. The lowest BCUT2D eigenvalue weighted by atomic mass is 9.98. The molecular formula is C6H15NO11P2. The first-order valence-corrected chi connectivity index (χ1v) is 8.18. The Morgan fingerprint density at radius 2 is 1.60 bits per heavy atom. The van der Waals surface area contributed by atoms with Gasteiger partial charge in [-0.05, 0) is 0 Å². The average molecular weight is 339 g/mol. The molecule has 14 heteroatoms. The van der Waals surface area contributed by atoms with E-state index in [9.17, 15) is 19.3 Å². The SMILES string of the molecule is N[C@@H]1C(OP(=O)(O)O)O[C@H](COP(=O)(O)O)[C@@H](O)[C@@H]1O. The van der Waals surface area contributed by atoms with Crippen LogP contribution in [0.5, 0.6) is 0 Å². The number of rotatable bonds is 5. The van der Waals surface area contributed by atoms with Gasteiger partial charge in [0.2, 0.25) is 0 Å². The van der Waals surface area contributed by atoms with Crippen LogP contribution in [0.4, 0.5) is 0 Å². The van der Waals surface area contributed by atoms with Gasteiger partial charge in [-0.2, -0.15) is 0 Å². The van der Waals surface area contributed by atoms with Gasteiger partial charge in [0.25, 0.3) is 0 Å². The van der Waals surface area contributed by atoms with Gasteiger partial charge in [0.1, 0.15) is 18.3 Å². The molecule has 1 heterocycles. The van der Waals surface area contributed by atoms with Crippen LogP contribution in [-0.2, 0) is 22.9 Å². The fourth-order valence-electron chi connectivity index (χ4n) is 1.49. The molecule has 8 N–H and O–H groups in total. The second-order valence-electron chi connectivity index (χ2n) is 3.98. The summed E-state index contributed by atoms with van der Waals surface area (Å²) in [6.45, 7) is -0.851. The third-order valence-corrected chi connectivity index (χ3v) is 3.36. The lowest BCUT2D eigenvalue weighted by molar-refractivity contribution is -0.242. The molecule has 0 aromatic carbocycles. The minimum absolute atomic E-state index is 0.851. The summed E-state index contributed by atoms with van der Waals surface area (Å²) < 4.78 is 34.3. The van der Waals surface area contributed by atoms with Crippen LogP contribution in [-0.4, -0.2) is 67.0 Å². The van der Waals surface area contributed by atoms with Crippen LogP contribution in [0, 0.1) is 0 Å². The molecule has 1 rings (SSSR count). The van der Waals surface area contributed by atoms with Crippen molar-refractivity contribution in [2.24, 2.45) is 5.73 Å². The standard InChI is InChI=1S/C6H15NO11P2/c7-3-5(9)4(8)2(1-16-19(10,11)12)17-6(3)18-20(13,14)15/h2-6,8-9H,1,7H2,(H2,10,11,12)(H2,13,14,15)/t2-,3+,4-,5-,6?/m1/s1. The summed E-state index contributed by atoms with van der Waals surface area (Å²) in [6, 6.07) is -1.48. The molecule has 20 heavy (non-hydrogen) atoms. The van der Waals surface area contributed by atoms with E-state index in [1.165, 1.54) is 0 Å². The molecule has 0 aliphatic carbocycles. The molecule has 12 nitrogen and oxygen atoms in total. The molecule has 5 atom stereocenters. The van der Waals surface area contributed by atoms with E-state index in [0.717, 1.165) is 0 Å². The molecule has 0 bridgehead atoms. The van der Waals surface area contributed by atoms with E-state index in [4.69, 9.17) is 30.0 Å². The molecule has 1 unspecified atom stereocenters. The second kappa shape index (κ2) is 6.44. The monoisotopic (exact) mass is 339 g/mol. The van der Waals surface area contributed by atoms with Crippen LogP contribution in [0.15, 0.2) is 0 Å². The Labute approximate surface area is 112 Å². The van der Waals surface area contributed by atoms with E-state index in [0.29, 0.717) is 0 Å². The molecular weight excluding hydrogens is 324 g/mol. The van der Waals surface area contributed by atoms with E-state index in [1.54, 1.807) is 0 Å². The van der Waals surface area contributed by atoms with Crippen LogP contribution in [0.3, 0.4) is 0 Å². The van der Waals surface area contributed by atoms with Crippen LogP contribution in [0.2, 0.25) is 0 Å². The van der Waals surface area contributed by atoms with Crippen LogP contribution in [0.25, 0.3) is 0 Å². The van der Waals surface area contributed by atoms with E-state index in [-0.39, 0.29) is 0 Å². The molecule has 0 saturated carbocycles. The Bertz CT molecular complexity index is 417. The Morgan fingerprint density at radius 1 is 1.05 bits per heavy atom. The molecule has 0 aromatic heterocycles. The van der Waals surface area contributed by atoms with Gasteiger partial charge >= 0.3 is 15.6 Å². The van der Waals surface area contributed by atoms with E-state index >= 15 is 0 Å². The summed E-state index contributed by atoms with van der Waals surface area (Å²) in [7, 11) is -9.84. The summed E-state index contributed by atoms with van der Waals surface area (Å²) in [5, 5.41) is 19.2. The molecule has 1 aliphatic rings. The zero-order valence-electron chi connectivity index (χ0n) is 9.79. The van der Waals surface area contributed by atoms with E-state index in [1.807, 2.05) is 0 Å². The van der Waals surface area contributed by atoms with Crippen molar-refractivity contribution < 1.29 is 52.7 Å². The summed E-state index contributed by atoms with van der Waals surface area (Å²) in [6.07, 6.45) is -6.69. The number of aliphatic hydroxyl groups is 2. The van der Waals surface area contributed by atoms with Crippen molar-refractivity contribution in [2.75, 3.05) is 6.61 Å². The fourth-order valence-corrected chi connectivity index (χ4v) is 2.29. The highest BCUT2D eigenvalue weighted by atomic mass is 31.2. The van der Waals surface area contributed by atoms with Gasteiger partial charge in [-0.15, -0.1) is 0 Å². The molecule has 1 aliphatic heterocycles. The van der Waals surface area contributed by atoms with Crippen molar-refractivity contribution in [3.05, 3.63) is 0 Å². The lowest BCUT2D eigenvalue weighted by Crippen LogP contribution is -2.62. The van der Waals surface area contributed by atoms with Crippen molar-refractivity contribution in [3.63, 3.8) is 0 Å². The Balaban J connectivity index is 2.76. The van der Waals surface area contributed by atoms with Crippen molar-refractivity contribution in [3.8, 4) is 0 Å². The van der Waals surface area contributed by atoms with Gasteiger partial charge in [-0.1, -0.05) is 0 Å². The zero-order chi connectivity index (χ0) is 15.7. The second-order valence-corrected chi connectivity index (χ2v) is 6.42. The lowest BCUT2D eigenvalue weighted by Gasteiger charge is -2.40. The number of phosphoric acid groups is 2. The number of ether oxygens (including phenoxy) is 1. The number of hydrogen-bond acceptors (Lipinski definition) is 8. The first-order valence-electron chi connectivity index (χ1n) is 5.12. The summed E-state index contributed by atoms with van der Waals surface area (Å²) in [4.78, 5) is 34.3. The molecule has 0 aromatic rings. The van der Waals surface area contributed by atoms with E-state index in [2.05, 4.69) is 9.05 Å². The third kappa shape index (κ3) is 5.45. The van der Waals surface area contributed by atoms with Gasteiger partial charge < -0.3 is 40.3 Å². The fraction of sp³-hybridized carbons (Fsp3) is 1.00. The van der Waals surface area contributed by atoms with E-state index < -0.39 is 52.9 Å². The maximum absolute atomic E-state index is 10.7. The number of phosphoric ester groups is 2. The van der Waals surface area contributed by atoms with Crippen molar-refractivity contribution in [1.29, 1.82) is 0 Å². The van der Waals surface area contributed by atoms with Gasteiger partial charge in [-0.3, -0.25) is 9.05 Å². The molecule has 0 amide bonds. The first-order chi connectivity index (χ1) is 8.91. The van der Waals surface area contributed by atoms with Crippen LogP contribution in [0.1, 0.15) is 0 Å². The normalized spacial score (nSPS) is 36.0. The van der Waals surface area contributed by atoms with Crippen LogP contribution < -0.4 is 5.73 Å². The quantitative estimate of drug-likeness (QED) is 0.250. The van der Waals surface area contributed by atoms with Gasteiger partial charge in [0.05, 0.1) is 12.6 Å². The predicted molar refractivity (Wildman–Crippen MR) is 59.8 cm³/mol. The Kier molecular flexibility index (Phi) is 5.83. The van der Waals surface area contributed by atoms with Gasteiger partial charge in [-0.25, -0.2) is 9.13 Å². The van der Waals surface area contributed by atoms with Crippen LogP contribution >= 0.6 is 15.6 Å². The highest BCUT2D eigenvalue weighted by Gasteiger charge is 2.46. The smallest absolute Gasteiger partial charge is 0.388 e. The molecule has 120 valence electrons. The summed E-state index contributed by atoms with van der Waals surface area (Å²) >= 11 is 0. The highest BCUT2D eigenvalue weighted by Crippen LogP contribution is 2.41. The third-order valence-electron chi connectivity index (χ3n) is 2.40. The molecule has 1 fully saturated rings. The topological polar surface area (TPSA) is 209 Å². The molecule has 1 saturated heterocycles. The number of nitrogens with two attached hydrogens (primary N) is 1. The minimum Gasteiger partial charge on any atom is -0.388 e. The summed E-state index contributed by atoms with van der Waals surface area (Å²) in [5.74, 6) is 0. The zero-order valence-corrected chi connectivity index (χ0v) is 11.6. The maximum atomic E-state index is 10.7. The molecule has 0 spiro atoms. The Hall–Kier alpha value is 0.0600. The largest absolute Gasteiger partial charge is 0.471 e. The molecule has 0 radical (unpaired) electrons. The van der Waals surface area contributed by atoms with Crippen molar-refractivity contribution in [2.45, 2.75) is 30.6 Å². The Morgan fingerprint density at radius 3 is 2.05 bits per heavy atom. The average Bonchev–Trinajstić information content (AvgIpc) is 2.25. The number of aliphatic hydroxyl groups excluding tert-OH is 2. The maximum Gasteiger partial charge on any atom is 0.471 e. The summed E-state index contributed by atoms with van der Waals surface area (Å²) in [5.41, 5.74) is 5.37. The van der Waals surface area contributed by atoms with Gasteiger partial charge in [0, 0.05) is 0 Å². The minimum atomic E-state index is -4.99. The predicted octanol–water partition coefficient (Wildman–Crippen LogP) is -3.02. The van der Waals surface area contributed by atoms with Gasteiger partial charge in [0.15, 0.2) is 6.29 Å². The number of hydrogen-bond donors (Lipinski definition) is 7.